The minimum atomic E-state index is -0.543. The van der Waals surface area contributed by atoms with E-state index in [-0.39, 0.29) is 11.8 Å². The summed E-state index contributed by atoms with van der Waals surface area (Å²) in [7, 11) is 0. The summed E-state index contributed by atoms with van der Waals surface area (Å²) in [5.74, 6) is -0.492. The van der Waals surface area contributed by atoms with Crippen molar-refractivity contribution in [3.8, 4) is 0 Å². The largest absolute Gasteiger partial charge is 0.303 e. The number of aromatic nitrogens is 1. The van der Waals surface area contributed by atoms with Crippen LogP contribution < -0.4 is 10.6 Å². The van der Waals surface area contributed by atoms with Crippen molar-refractivity contribution in [2.24, 2.45) is 0 Å². The van der Waals surface area contributed by atoms with Crippen LogP contribution in [0.2, 0.25) is 0 Å². The number of carbonyl (C=O) groups excluding carboxylic acids is 2. The van der Waals surface area contributed by atoms with Gasteiger partial charge in [0.25, 0.3) is 0 Å². The maximum absolute atomic E-state index is 12.0. The van der Waals surface area contributed by atoms with E-state index in [4.69, 9.17) is 0 Å². The van der Waals surface area contributed by atoms with Crippen molar-refractivity contribution in [3.63, 3.8) is 0 Å². The third-order valence-electron chi connectivity index (χ3n) is 3.56. The Morgan fingerprint density at radius 1 is 1.42 bits per heavy atom. The van der Waals surface area contributed by atoms with Gasteiger partial charge in [0, 0.05) is 19.3 Å². The molecule has 1 aliphatic rings. The van der Waals surface area contributed by atoms with Crippen LogP contribution in [0.1, 0.15) is 31.7 Å². The first-order chi connectivity index (χ1) is 9.12. The summed E-state index contributed by atoms with van der Waals surface area (Å²) in [5, 5.41) is 5.56. The predicted octanol–water partition coefficient (Wildman–Crippen LogP) is 0.799. The summed E-state index contributed by atoms with van der Waals surface area (Å²) in [6.45, 7) is 2.20. The lowest BCUT2D eigenvalue weighted by molar-refractivity contribution is -0.136. The van der Waals surface area contributed by atoms with Crippen molar-refractivity contribution in [2.45, 2.75) is 38.1 Å². The molecule has 2 amide bonds. The summed E-state index contributed by atoms with van der Waals surface area (Å²) < 4.78 is 0. The molecule has 2 rings (SSSR count). The summed E-state index contributed by atoms with van der Waals surface area (Å²) in [5.41, 5.74) is 0.676. The minimum Gasteiger partial charge on any atom is -0.303 e. The molecule has 1 aromatic rings. The predicted molar refractivity (Wildman–Crippen MR) is 71.3 cm³/mol. The molecule has 5 nitrogen and oxygen atoms in total. The Bertz CT molecular complexity index is 455. The molecule has 0 spiro atoms. The van der Waals surface area contributed by atoms with E-state index in [0.29, 0.717) is 0 Å². The van der Waals surface area contributed by atoms with Crippen LogP contribution in [-0.4, -0.2) is 28.9 Å². The fourth-order valence-electron chi connectivity index (χ4n) is 2.37. The van der Waals surface area contributed by atoms with Gasteiger partial charge in [0.15, 0.2) is 0 Å². The molecule has 0 bridgehead atoms. The first-order valence-corrected chi connectivity index (χ1v) is 6.58. The molecule has 1 atom stereocenters. The highest BCUT2D eigenvalue weighted by atomic mass is 16.2. The first-order valence-electron chi connectivity index (χ1n) is 6.58. The minimum absolute atomic E-state index is 0.194. The van der Waals surface area contributed by atoms with Crippen LogP contribution in [0.15, 0.2) is 24.5 Å². The van der Waals surface area contributed by atoms with Gasteiger partial charge in [-0.3, -0.25) is 19.9 Å². The van der Waals surface area contributed by atoms with Gasteiger partial charge >= 0.3 is 0 Å². The zero-order valence-electron chi connectivity index (χ0n) is 11.1. The zero-order valence-corrected chi connectivity index (χ0v) is 11.1. The number of carbonyl (C=O) groups is 2. The van der Waals surface area contributed by atoms with E-state index >= 15 is 0 Å². The Kier molecular flexibility index (Phi) is 4.27. The number of hydrogen-bond acceptors (Lipinski definition) is 4. The Hall–Kier alpha value is -1.75. The Morgan fingerprint density at radius 3 is 2.63 bits per heavy atom. The normalized spacial score (nSPS) is 21.5. The second-order valence-corrected chi connectivity index (χ2v) is 4.98. The second-order valence-electron chi connectivity index (χ2n) is 4.98. The monoisotopic (exact) mass is 261 g/mol. The van der Waals surface area contributed by atoms with Crippen LogP contribution in [0.25, 0.3) is 0 Å². The molecular formula is C14H19N3O2. The van der Waals surface area contributed by atoms with Crippen LogP contribution in [0.4, 0.5) is 0 Å². The Balaban J connectivity index is 1.85. The number of rotatable bonds is 5. The molecular weight excluding hydrogens is 242 g/mol. The summed E-state index contributed by atoms with van der Waals surface area (Å²) in [4.78, 5) is 26.9. The molecule has 0 saturated carbocycles. The average Bonchev–Trinajstić information content (AvgIpc) is 2.32. The smallest absolute Gasteiger partial charge is 0.246 e. The molecule has 2 heterocycles. The molecule has 1 saturated heterocycles. The second kappa shape index (κ2) is 5.93. The van der Waals surface area contributed by atoms with Crippen LogP contribution in [0, 0.1) is 0 Å². The lowest BCUT2D eigenvalue weighted by Crippen LogP contribution is -2.66. The number of imide groups is 1. The van der Waals surface area contributed by atoms with Crippen LogP contribution in [0.3, 0.4) is 0 Å². The highest BCUT2D eigenvalue weighted by Crippen LogP contribution is 2.25. The highest BCUT2D eigenvalue weighted by Gasteiger charge is 2.43. The highest BCUT2D eigenvalue weighted by molar-refractivity contribution is 5.99. The molecule has 2 N–H and O–H groups in total. The van der Waals surface area contributed by atoms with Gasteiger partial charge in [0.2, 0.25) is 11.8 Å². The van der Waals surface area contributed by atoms with Crippen molar-refractivity contribution in [1.82, 2.24) is 15.6 Å². The van der Waals surface area contributed by atoms with Crippen LogP contribution in [-0.2, 0) is 16.0 Å². The van der Waals surface area contributed by atoms with Crippen LogP contribution in [0.5, 0.6) is 0 Å². The number of nitrogens with zero attached hydrogens (tertiary/aromatic N) is 1. The van der Waals surface area contributed by atoms with E-state index in [0.717, 1.165) is 32.2 Å². The van der Waals surface area contributed by atoms with E-state index in [9.17, 15) is 9.59 Å². The molecule has 1 aliphatic heterocycles. The molecule has 1 fully saturated rings. The van der Waals surface area contributed by atoms with Gasteiger partial charge in [0.05, 0.1) is 5.54 Å². The number of hydrogen-bond donors (Lipinski definition) is 2. The van der Waals surface area contributed by atoms with Gasteiger partial charge in [0.1, 0.15) is 0 Å². The maximum Gasteiger partial charge on any atom is 0.246 e. The lowest BCUT2D eigenvalue weighted by atomic mass is 9.81. The third-order valence-corrected chi connectivity index (χ3v) is 3.56. The molecule has 1 aromatic heterocycles. The first kappa shape index (κ1) is 13.7. The van der Waals surface area contributed by atoms with E-state index < -0.39 is 5.54 Å². The van der Waals surface area contributed by atoms with Crippen molar-refractivity contribution >= 4 is 11.8 Å². The standard InChI is InChI=1S/C14H19N3O2/c1-11(18)17-13(19)14(7-10-16-14)6-2-3-12-4-8-15-9-5-12/h4-5,8-9,16H,2-3,6-7,10H2,1H3,(H,17,18,19)/t14-/m1/s1. The molecule has 0 aromatic carbocycles. The van der Waals surface area contributed by atoms with Gasteiger partial charge in [-0.15, -0.1) is 0 Å². The van der Waals surface area contributed by atoms with Crippen molar-refractivity contribution in [3.05, 3.63) is 30.1 Å². The van der Waals surface area contributed by atoms with Crippen LogP contribution >= 0.6 is 0 Å². The molecule has 19 heavy (non-hydrogen) atoms. The lowest BCUT2D eigenvalue weighted by Gasteiger charge is -2.41. The fraction of sp³-hybridized carbons (Fsp3) is 0.500. The summed E-state index contributed by atoms with van der Waals surface area (Å²) in [6.07, 6.45) is 6.91. The van der Waals surface area contributed by atoms with Crippen molar-refractivity contribution in [1.29, 1.82) is 0 Å². The molecule has 0 unspecified atom stereocenters. The van der Waals surface area contributed by atoms with Gasteiger partial charge < -0.3 is 5.32 Å². The molecule has 5 heteroatoms. The zero-order chi connectivity index (χ0) is 13.7. The number of amides is 2. The molecule has 0 aliphatic carbocycles. The average molecular weight is 261 g/mol. The topological polar surface area (TPSA) is 71.1 Å². The molecule has 102 valence electrons. The number of nitrogens with one attached hydrogen (secondary N) is 2. The van der Waals surface area contributed by atoms with E-state index in [1.165, 1.54) is 12.5 Å². The van der Waals surface area contributed by atoms with E-state index in [1.807, 2.05) is 12.1 Å². The Morgan fingerprint density at radius 2 is 2.11 bits per heavy atom. The SMILES string of the molecule is CC(=O)NC(=O)[C@@]1(CCCc2ccncc2)CCN1. The summed E-state index contributed by atoms with van der Waals surface area (Å²) >= 11 is 0. The maximum atomic E-state index is 12.0. The van der Waals surface area contributed by atoms with Gasteiger partial charge in [-0.05, 0) is 49.9 Å². The third kappa shape index (κ3) is 3.38. The van der Waals surface area contributed by atoms with E-state index in [1.54, 1.807) is 12.4 Å². The number of pyridine rings is 1. The van der Waals surface area contributed by atoms with Crippen molar-refractivity contribution in [2.75, 3.05) is 6.54 Å². The fourth-order valence-corrected chi connectivity index (χ4v) is 2.37. The van der Waals surface area contributed by atoms with Gasteiger partial charge in [-0.1, -0.05) is 0 Å². The Labute approximate surface area is 112 Å². The van der Waals surface area contributed by atoms with Gasteiger partial charge in [-0.2, -0.15) is 0 Å². The number of aryl methyl sites for hydroxylation is 1. The molecule has 0 radical (unpaired) electrons. The van der Waals surface area contributed by atoms with E-state index in [2.05, 4.69) is 15.6 Å². The van der Waals surface area contributed by atoms with Crippen molar-refractivity contribution < 1.29 is 9.59 Å². The van der Waals surface area contributed by atoms with Gasteiger partial charge in [-0.25, -0.2) is 0 Å². The quantitative estimate of drug-likeness (QED) is 0.822. The summed E-state index contributed by atoms with van der Waals surface area (Å²) in [6, 6.07) is 3.97.